The number of hydrogen-bond donors (Lipinski definition) is 2. The van der Waals surface area contributed by atoms with E-state index < -0.39 is 6.04 Å². The van der Waals surface area contributed by atoms with Gasteiger partial charge in [-0.3, -0.25) is 4.79 Å². The highest BCUT2D eigenvalue weighted by Crippen LogP contribution is 2.23. The second-order valence-corrected chi connectivity index (χ2v) is 7.50. The largest absolute Gasteiger partial charge is 0.354 e. The van der Waals surface area contributed by atoms with Crippen molar-refractivity contribution in [1.82, 2.24) is 5.32 Å². The fourth-order valence-electron chi connectivity index (χ4n) is 2.11. The fourth-order valence-corrected chi connectivity index (χ4v) is 2.11. The number of carbonyl (C=O) groups is 1. The minimum atomic E-state index is -0.490. The molecular weight excluding hydrogens is 296 g/mol. The lowest BCUT2D eigenvalue weighted by Gasteiger charge is -2.30. The van der Waals surface area contributed by atoms with Crippen molar-refractivity contribution in [3.8, 4) is 0 Å². The minimum Gasteiger partial charge on any atom is -0.354 e. The number of carbonyl (C=O) groups excluding carboxylic acids is 1. The number of nitrogens with one attached hydrogen (secondary N) is 1. The molecule has 0 saturated carbocycles. The summed E-state index contributed by atoms with van der Waals surface area (Å²) >= 11 is 0. The van der Waals surface area contributed by atoms with Crippen molar-refractivity contribution < 1.29 is 4.79 Å². The van der Waals surface area contributed by atoms with Crippen molar-refractivity contribution in [3.63, 3.8) is 0 Å². The van der Waals surface area contributed by atoms with E-state index in [-0.39, 0.29) is 29.1 Å². The third kappa shape index (κ3) is 5.62. The van der Waals surface area contributed by atoms with Crippen LogP contribution in [-0.2, 0) is 16.6 Å². The first kappa shape index (κ1) is 20.9. The zero-order valence-corrected chi connectivity index (χ0v) is 15.5. The summed E-state index contributed by atoms with van der Waals surface area (Å²) in [7, 11) is 0. The average molecular weight is 327 g/mol. The van der Waals surface area contributed by atoms with Gasteiger partial charge in [-0.25, -0.2) is 0 Å². The lowest BCUT2D eigenvalue weighted by atomic mass is 9.83. The molecule has 3 N–H and O–H groups in total. The van der Waals surface area contributed by atoms with Crippen LogP contribution in [0.25, 0.3) is 0 Å². The summed E-state index contributed by atoms with van der Waals surface area (Å²) in [4.78, 5) is 12.1. The van der Waals surface area contributed by atoms with Gasteiger partial charge in [0.1, 0.15) is 0 Å². The van der Waals surface area contributed by atoms with Crippen molar-refractivity contribution in [3.05, 3.63) is 35.4 Å². The Morgan fingerprint density at radius 3 is 2.05 bits per heavy atom. The minimum absolute atomic E-state index is 0. The van der Waals surface area contributed by atoms with Crippen molar-refractivity contribution in [2.45, 2.75) is 59.4 Å². The third-order valence-corrected chi connectivity index (χ3v) is 4.06. The molecule has 0 aromatic heterocycles. The molecule has 0 aliphatic rings. The molecule has 0 heterocycles. The van der Waals surface area contributed by atoms with E-state index in [2.05, 4.69) is 50.4 Å². The molecule has 0 aliphatic carbocycles. The van der Waals surface area contributed by atoms with Crippen LogP contribution in [0.1, 0.15) is 52.7 Å². The molecule has 22 heavy (non-hydrogen) atoms. The summed E-state index contributed by atoms with van der Waals surface area (Å²) in [5, 5.41) is 2.99. The van der Waals surface area contributed by atoms with Crippen LogP contribution in [-0.4, -0.2) is 18.5 Å². The van der Waals surface area contributed by atoms with Crippen molar-refractivity contribution in [1.29, 1.82) is 0 Å². The molecule has 0 fully saturated rings. The molecule has 1 amide bonds. The smallest absolute Gasteiger partial charge is 0.237 e. The van der Waals surface area contributed by atoms with Gasteiger partial charge < -0.3 is 11.1 Å². The molecule has 1 atom stereocenters. The molecule has 0 bridgehead atoms. The maximum atomic E-state index is 12.1. The van der Waals surface area contributed by atoms with Gasteiger partial charge in [-0.05, 0) is 23.0 Å². The van der Waals surface area contributed by atoms with E-state index in [1.54, 1.807) is 0 Å². The molecule has 0 unspecified atom stereocenters. The van der Waals surface area contributed by atoms with E-state index in [0.717, 1.165) is 6.42 Å². The van der Waals surface area contributed by atoms with Crippen LogP contribution in [0.4, 0.5) is 0 Å². The van der Waals surface area contributed by atoms with Crippen LogP contribution in [0.2, 0.25) is 0 Å². The average Bonchev–Trinajstić information content (AvgIpc) is 2.43. The first-order valence-corrected chi connectivity index (χ1v) is 7.70. The van der Waals surface area contributed by atoms with Crippen LogP contribution >= 0.6 is 12.4 Å². The normalized spacial score (nSPS) is 13.2. The molecule has 1 rings (SSSR count). The number of amides is 1. The topological polar surface area (TPSA) is 55.1 Å². The molecule has 0 spiro atoms. The Morgan fingerprint density at radius 1 is 1.14 bits per heavy atom. The summed E-state index contributed by atoms with van der Waals surface area (Å²) < 4.78 is 0. The molecule has 0 saturated heterocycles. The van der Waals surface area contributed by atoms with E-state index >= 15 is 0 Å². The molecule has 0 aliphatic heterocycles. The molecule has 1 aromatic rings. The van der Waals surface area contributed by atoms with Crippen molar-refractivity contribution in [2.24, 2.45) is 11.1 Å². The maximum Gasteiger partial charge on any atom is 0.237 e. The summed E-state index contributed by atoms with van der Waals surface area (Å²) in [6, 6.07) is 8.11. The van der Waals surface area contributed by atoms with Crippen LogP contribution < -0.4 is 11.1 Å². The van der Waals surface area contributed by atoms with E-state index in [9.17, 15) is 4.79 Å². The zero-order valence-electron chi connectivity index (χ0n) is 14.7. The second-order valence-electron chi connectivity index (χ2n) is 7.50. The van der Waals surface area contributed by atoms with Gasteiger partial charge in [0.25, 0.3) is 0 Å². The first-order chi connectivity index (χ1) is 9.58. The van der Waals surface area contributed by atoms with E-state index in [1.807, 2.05) is 20.8 Å². The number of aryl methyl sites for hydroxylation is 1. The highest BCUT2D eigenvalue weighted by Gasteiger charge is 2.29. The fraction of sp³-hybridized carbons (Fsp3) is 0.611. The Balaban J connectivity index is 0.00000441. The van der Waals surface area contributed by atoms with Gasteiger partial charge in [0, 0.05) is 12.0 Å². The van der Waals surface area contributed by atoms with Crippen LogP contribution in [0.3, 0.4) is 0 Å². The Morgan fingerprint density at radius 2 is 1.64 bits per heavy atom. The first-order valence-electron chi connectivity index (χ1n) is 7.70. The molecule has 3 nitrogen and oxygen atoms in total. The van der Waals surface area contributed by atoms with E-state index in [4.69, 9.17) is 5.73 Å². The lowest BCUT2D eigenvalue weighted by Crippen LogP contribution is -2.50. The molecule has 1 aromatic carbocycles. The SMILES string of the molecule is CCc1ccc(C(C)(C)CNC(=O)[C@@H](N)C(C)(C)C)cc1.Cl. The van der Waals surface area contributed by atoms with Gasteiger partial charge in [0.05, 0.1) is 6.04 Å². The highest BCUT2D eigenvalue weighted by atomic mass is 35.5. The van der Waals surface area contributed by atoms with Gasteiger partial charge >= 0.3 is 0 Å². The quantitative estimate of drug-likeness (QED) is 0.871. The van der Waals surface area contributed by atoms with Crippen LogP contribution in [0, 0.1) is 5.41 Å². The van der Waals surface area contributed by atoms with E-state index in [1.165, 1.54) is 11.1 Å². The zero-order chi connectivity index (χ0) is 16.3. The summed E-state index contributed by atoms with van der Waals surface area (Å²) in [5.74, 6) is -0.0826. The number of nitrogens with two attached hydrogens (primary N) is 1. The molecular formula is C18H31ClN2O. The van der Waals surface area contributed by atoms with Crippen molar-refractivity contribution >= 4 is 18.3 Å². The van der Waals surface area contributed by atoms with Gasteiger partial charge in [0.2, 0.25) is 5.91 Å². The monoisotopic (exact) mass is 326 g/mol. The van der Waals surface area contributed by atoms with Gasteiger partial charge in [-0.15, -0.1) is 12.4 Å². The predicted molar refractivity (Wildman–Crippen MR) is 96.5 cm³/mol. The van der Waals surface area contributed by atoms with Crippen LogP contribution in [0.5, 0.6) is 0 Å². The van der Waals surface area contributed by atoms with Gasteiger partial charge in [-0.2, -0.15) is 0 Å². The number of halogens is 1. The van der Waals surface area contributed by atoms with Crippen LogP contribution in [0.15, 0.2) is 24.3 Å². The van der Waals surface area contributed by atoms with Gasteiger partial charge in [-0.1, -0.05) is 65.8 Å². The maximum absolute atomic E-state index is 12.1. The van der Waals surface area contributed by atoms with Gasteiger partial charge in [0.15, 0.2) is 0 Å². The highest BCUT2D eigenvalue weighted by molar-refractivity contribution is 5.85. The van der Waals surface area contributed by atoms with Crippen molar-refractivity contribution in [2.75, 3.05) is 6.54 Å². The standard InChI is InChI=1S/C18H30N2O.ClH/c1-7-13-8-10-14(11-9-13)18(5,6)12-20-16(21)15(19)17(2,3)4;/h8-11,15H,7,12,19H2,1-6H3,(H,20,21);1H/t15-;/m1./s1. The Hall–Kier alpha value is -1.06. The molecule has 0 radical (unpaired) electrons. The summed E-state index contributed by atoms with van der Waals surface area (Å²) in [5.41, 5.74) is 8.20. The summed E-state index contributed by atoms with van der Waals surface area (Å²) in [6.45, 7) is 12.9. The Labute approximate surface area is 141 Å². The molecule has 126 valence electrons. The number of rotatable bonds is 5. The summed E-state index contributed by atoms with van der Waals surface area (Å²) in [6.07, 6.45) is 1.04. The number of benzene rings is 1. The van der Waals surface area contributed by atoms with E-state index in [0.29, 0.717) is 6.54 Å². The number of hydrogen-bond acceptors (Lipinski definition) is 2. The molecule has 4 heteroatoms. The Bertz CT molecular complexity index is 475. The second kappa shape index (κ2) is 7.98. The Kier molecular flexibility index (Phi) is 7.60. The third-order valence-electron chi connectivity index (χ3n) is 4.06. The predicted octanol–water partition coefficient (Wildman–Crippen LogP) is 3.44. The lowest BCUT2D eigenvalue weighted by molar-refractivity contribution is -0.124.